The van der Waals surface area contributed by atoms with Crippen molar-refractivity contribution in [2.24, 2.45) is 0 Å². The van der Waals surface area contributed by atoms with E-state index < -0.39 is 0 Å². The highest BCUT2D eigenvalue weighted by Crippen LogP contribution is 2.13. The highest BCUT2D eigenvalue weighted by molar-refractivity contribution is 7.99. The van der Waals surface area contributed by atoms with Crippen molar-refractivity contribution < 1.29 is 5.11 Å². The van der Waals surface area contributed by atoms with Crippen molar-refractivity contribution in [1.29, 1.82) is 0 Å². The highest BCUT2D eigenvalue weighted by atomic mass is 32.2. The number of thioether (sulfide) groups is 1. The molecule has 0 aliphatic rings. The normalized spacial score (nSPS) is 9.91. The molecule has 0 aliphatic carbocycles. The lowest BCUT2D eigenvalue weighted by atomic mass is 10.7. The lowest BCUT2D eigenvalue weighted by Crippen LogP contribution is -1.94. The van der Waals surface area contributed by atoms with Crippen molar-refractivity contribution in [1.82, 2.24) is 9.97 Å². The molecule has 11 heavy (non-hydrogen) atoms. The zero-order valence-corrected chi connectivity index (χ0v) is 6.71. The molecule has 60 valence electrons. The topological polar surface area (TPSA) is 72.0 Å². The summed E-state index contributed by atoms with van der Waals surface area (Å²) in [6.45, 7) is 0.140. The van der Waals surface area contributed by atoms with Crippen LogP contribution in [0.4, 0.5) is 5.82 Å². The first-order chi connectivity index (χ1) is 5.33. The van der Waals surface area contributed by atoms with Crippen LogP contribution >= 0.6 is 11.8 Å². The van der Waals surface area contributed by atoms with Gasteiger partial charge in [0.1, 0.15) is 10.8 Å². The molecule has 1 heterocycles. The number of rotatable bonds is 3. The predicted octanol–water partition coefficient (Wildman–Crippen LogP) is 0.143. The Labute approximate surface area is 68.9 Å². The maximum absolute atomic E-state index is 8.50. The largest absolute Gasteiger partial charge is 0.396 e. The Morgan fingerprint density at radius 2 is 2.36 bits per heavy atom. The number of aliphatic hydroxyl groups excluding tert-OH is 1. The first-order valence-corrected chi connectivity index (χ1v) is 4.12. The molecule has 1 rings (SSSR count). The quantitative estimate of drug-likeness (QED) is 0.633. The number of hydrogen-bond donors (Lipinski definition) is 2. The van der Waals surface area contributed by atoms with Gasteiger partial charge in [0.05, 0.1) is 19.0 Å². The second-order valence-electron chi connectivity index (χ2n) is 1.85. The van der Waals surface area contributed by atoms with Crippen LogP contribution in [0.3, 0.4) is 0 Å². The number of nitrogens with zero attached hydrogens (tertiary/aromatic N) is 2. The van der Waals surface area contributed by atoms with Crippen molar-refractivity contribution >= 4 is 17.6 Å². The molecule has 4 nitrogen and oxygen atoms in total. The first kappa shape index (κ1) is 8.29. The molecule has 1 aromatic rings. The summed E-state index contributed by atoms with van der Waals surface area (Å²) in [7, 11) is 0. The molecule has 1 aromatic heterocycles. The third kappa shape index (κ3) is 2.73. The molecule has 0 amide bonds. The van der Waals surface area contributed by atoms with Gasteiger partial charge in [0, 0.05) is 5.75 Å². The molecular weight excluding hydrogens is 162 g/mol. The molecular formula is C6H9N3OS. The second-order valence-corrected chi connectivity index (χ2v) is 2.97. The van der Waals surface area contributed by atoms with Crippen molar-refractivity contribution in [3.8, 4) is 0 Å². The molecule has 0 unspecified atom stereocenters. The van der Waals surface area contributed by atoms with Gasteiger partial charge in [0.15, 0.2) is 0 Å². The van der Waals surface area contributed by atoms with Gasteiger partial charge in [-0.15, -0.1) is 11.8 Å². The van der Waals surface area contributed by atoms with E-state index in [4.69, 9.17) is 10.8 Å². The summed E-state index contributed by atoms with van der Waals surface area (Å²) in [6.07, 6.45) is 3.11. The third-order valence-electron chi connectivity index (χ3n) is 0.972. The molecule has 0 aliphatic heterocycles. The summed E-state index contributed by atoms with van der Waals surface area (Å²) in [4.78, 5) is 7.82. The Kier molecular flexibility index (Phi) is 3.13. The standard InChI is InChI=1S/C6H9N3OS/c7-5-3-8-4-6(9-5)11-2-1-10/h3-4,10H,1-2H2,(H2,7,9). The molecule has 0 aromatic carbocycles. The first-order valence-electron chi connectivity index (χ1n) is 3.14. The molecule has 0 radical (unpaired) electrons. The molecule has 0 fully saturated rings. The monoisotopic (exact) mass is 171 g/mol. The highest BCUT2D eigenvalue weighted by Gasteiger charge is 1.94. The summed E-state index contributed by atoms with van der Waals surface area (Å²) >= 11 is 1.43. The molecule has 0 atom stereocenters. The lowest BCUT2D eigenvalue weighted by molar-refractivity contribution is 0.322. The average molecular weight is 171 g/mol. The zero-order chi connectivity index (χ0) is 8.10. The van der Waals surface area contributed by atoms with Crippen LogP contribution in [0, 0.1) is 0 Å². The minimum absolute atomic E-state index is 0.140. The van der Waals surface area contributed by atoms with E-state index in [1.165, 1.54) is 18.0 Å². The Bertz CT molecular complexity index is 231. The minimum Gasteiger partial charge on any atom is -0.396 e. The van der Waals surface area contributed by atoms with Crippen LogP contribution in [0.15, 0.2) is 17.4 Å². The smallest absolute Gasteiger partial charge is 0.143 e. The van der Waals surface area contributed by atoms with Crippen LogP contribution in [-0.2, 0) is 0 Å². The van der Waals surface area contributed by atoms with Crippen LogP contribution in [0.25, 0.3) is 0 Å². The van der Waals surface area contributed by atoms with Crippen LogP contribution < -0.4 is 5.73 Å². The van der Waals surface area contributed by atoms with Crippen LogP contribution in [-0.4, -0.2) is 27.4 Å². The Balaban J connectivity index is 2.56. The van der Waals surface area contributed by atoms with Crippen molar-refractivity contribution in [2.75, 3.05) is 18.1 Å². The second kappa shape index (κ2) is 4.15. The van der Waals surface area contributed by atoms with E-state index in [2.05, 4.69) is 9.97 Å². The maximum atomic E-state index is 8.50. The van der Waals surface area contributed by atoms with Crippen molar-refractivity contribution in [3.05, 3.63) is 12.4 Å². The van der Waals surface area contributed by atoms with E-state index >= 15 is 0 Å². The molecule has 0 spiro atoms. The Morgan fingerprint density at radius 1 is 1.55 bits per heavy atom. The van der Waals surface area contributed by atoms with Gasteiger partial charge >= 0.3 is 0 Å². The maximum Gasteiger partial charge on any atom is 0.143 e. The molecule has 5 heteroatoms. The number of aromatic nitrogens is 2. The lowest BCUT2D eigenvalue weighted by Gasteiger charge is -1.97. The number of hydrogen-bond acceptors (Lipinski definition) is 5. The van der Waals surface area contributed by atoms with E-state index in [0.717, 1.165) is 5.03 Å². The number of nitrogen functional groups attached to an aromatic ring is 1. The van der Waals surface area contributed by atoms with E-state index in [1.54, 1.807) is 6.20 Å². The van der Waals surface area contributed by atoms with Crippen molar-refractivity contribution in [3.63, 3.8) is 0 Å². The van der Waals surface area contributed by atoms with Gasteiger partial charge in [0.2, 0.25) is 0 Å². The van der Waals surface area contributed by atoms with Gasteiger partial charge in [-0.1, -0.05) is 0 Å². The van der Waals surface area contributed by atoms with Crippen LogP contribution in [0.5, 0.6) is 0 Å². The molecule has 0 bridgehead atoms. The molecule has 0 saturated heterocycles. The Morgan fingerprint density at radius 3 is 3.00 bits per heavy atom. The fourth-order valence-electron chi connectivity index (χ4n) is 0.582. The van der Waals surface area contributed by atoms with Gasteiger partial charge in [-0.05, 0) is 0 Å². The SMILES string of the molecule is Nc1cncc(SCCO)n1. The van der Waals surface area contributed by atoms with E-state index in [0.29, 0.717) is 11.6 Å². The summed E-state index contributed by atoms with van der Waals surface area (Å²) in [6, 6.07) is 0. The number of nitrogens with two attached hydrogens (primary N) is 1. The molecule has 3 N–H and O–H groups in total. The zero-order valence-electron chi connectivity index (χ0n) is 5.90. The van der Waals surface area contributed by atoms with E-state index in [1.807, 2.05) is 0 Å². The summed E-state index contributed by atoms with van der Waals surface area (Å²) in [5.41, 5.74) is 5.38. The van der Waals surface area contributed by atoms with Gasteiger partial charge in [-0.3, -0.25) is 4.98 Å². The third-order valence-corrected chi connectivity index (χ3v) is 1.85. The number of anilines is 1. The van der Waals surface area contributed by atoms with Gasteiger partial charge < -0.3 is 10.8 Å². The fraction of sp³-hybridized carbons (Fsp3) is 0.333. The van der Waals surface area contributed by atoms with Crippen LogP contribution in [0.1, 0.15) is 0 Å². The summed E-state index contributed by atoms with van der Waals surface area (Å²) in [5.74, 6) is 1.03. The van der Waals surface area contributed by atoms with Gasteiger partial charge in [-0.25, -0.2) is 4.98 Å². The summed E-state index contributed by atoms with van der Waals surface area (Å²) < 4.78 is 0. The minimum atomic E-state index is 0.140. The Hall–Kier alpha value is -0.810. The number of aliphatic hydroxyl groups is 1. The fourth-order valence-corrected chi connectivity index (χ4v) is 1.19. The average Bonchev–Trinajstić information content (AvgIpc) is 2.01. The van der Waals surface area contributed by atoms with E-state index in [9.17, 15) is 0 Å². The molecule has 0 saturated carbocycles. The van der Waals surface area contributed by atoms with Gasteiger partial charge in [-0.2, -0.15) is 0 Å². The van der Waals surface area contributed by atoms with Crippen molar-refractivity contribution in [2.45, 2.75) is 5.03 Å². The van der Waals surface area contributed by atoms with Crippen LogP contribution in [0.2, 0.25) is 0 Å². The summed E-state index contributed by atoms with van der Waals surface area (Å²) in [5, 5.41) is 9.25. The predicted molar refractivity (Wildman–Crippen MR) is 44.3 cm³/mol. The van der Waals surface area contributed by atoms with Gasteiger partial charge in [0.25, 0.3) is 0 Å². The van der Waals surface area contributed by atoms with E-state index in [-0.39, 0.29) is 6.61 Å².